The molecule has 1 aromatic heterocycles. The average Bonchev–Trinajstić information content (AvgIpc) is 2.22. The van der Waals surface area contributed by atoms with Crippen LogP contribution in [-0.2, 0) is 0 Å². The van der Waals surface area contributed by atoms with Gasteiger partial charge in [-0.1, -0.05) is 11.6 Å². The minimum Gasteiger partial charge on any atom is -0.358 e. The van der Waals surface area contributed by atoms with E-state index in [0.717, 1.165) is 19.5 Å². The summed E-state index contributed by atoms with van der Waals surface area (Å²) in [6.45, 7) is 1.72. The van der Waals surface area contributed by atoms with Gasteiger partial charge in [0.25, 0.3) is 5.56 Å². The molecule has 0 aliphatic carbocycles. The molecule has 84 valence electrons. The Hall–Kier alpha value is -1.07. The van der Waals surface area contributed by atoms with Crippen molar-refractivity contribution in [3.8, 4) is 0 Å². The van der Waals surface area contributed by atoms with Crippen molar-refractivity contribution in [1.29, 1.82) is 0 Å². The van der Waals surface area contributed by atoms with Crippen LogP contribution in [0.5, 0.6) is 0 Å². The van der Waals surface area contributed by atoms with Gasteiger partial charge in [-0.15, -0.1) is 0 Å². The van der Waals surface area contributed by atoms with Crippen molar-refractivity contribution in [3.63, 3.8) is 0 Å². The third-order valence-corrected chi connectivity index (χ3v) is 2.40. The standard InChI is InChI=1S/C9H15ClN4O/c1-11-4-3-5-14(2)8-7(10)9(15)13-6-12-8/h6,11H,3-5H2,1-2H3,(H,12,13,15). The highest BCUT2D eigenvalue weighted by atomic mass is 35.5. The van der Waals surface area contributed by atoms with Crippen molar-refractivity contribution in [2.45, 2.75) is 6.42 Å². The Bertz CT molecular complexity index is 365. The monoisotopic (exact) mass is 230 g/mol. The maximum atomic E-state index is 11.2. The summed E-state index contributed by atoms with van der Waals surface area (Å²) in [7, 11) is 3.77. The third kappa shape index (κ3) is 3.21. The van der Waals surface area contributed by atoms with Gasteiger partial charge in [0.05, 0.1) is 6.33 Å². The van der Waals surface area contributed by atoms with Crippen LogP contribution in [0, 0.1) is 0 Å². The van der Waals surface area contributed by atoms with E-state index in [1.165, 1.54) is 6.33 Å². The predicted octanol–water partition coefficient (Wildman–Crippen LogP) is 0.469. The fourth-order valence-electron chi connectivity index (χ4n) is 1.24. The molecular formula is C9H15ClN4O. The number of hydrogen-bond acceptors (Lipinski definition) is 4. The summed E-state index contributed by atoms with van der Waals surface area (Å²) in [5.74, 6) is 0.525. The maximum absolute atomic E-state index is 11.2. The average molecular weight is 231 g/mol. The summed E-state index contributed by atoms with van der Waals surface area (Å²) in [6.07, 6.45) is 2.33. The van der Waals surface area contributed by atoms with Crippen LogP contribution in [0.15, 0.2) is 11.1 Å². The van der Waals surface area contributed by atoms with E-state index in [1.807, 2.05) is 19.0 Å². The molecule has 0 aromatic carbocycles. The number of halogens is 1. The van der Waals surface area contributed by atoms with Gasteiger partial charge in [-0.25, -0.2) is 4.98 Å². The first-order chi connectivity index (χ1) is 7.16. The molecule has 1 rings (SSSR count). The first kappa shape index (κ1) is 12.0. The molecule has 0 amide bonds. The number of aromatic amines is 1. The van der Waals surface area contributed by atoms with Gasteiger partial charge in [-0.3, -0.25) is 4.79 Å². The lowest BCUT2D eigenvalue weighted by atomic mass is 10.4. The molecule has 1 heterocycles. The molecule has 15 heavy (non-hydrogen) atoms. The van der Waals surface area contributed by atoms with Crippen LogP contribution in [0.1, 0.15) is 6.42 Å². The Morgan fingerprint density at radius 3 is 3.07 bits per heavy atom. The van der Waals surface area contributed by atoms with E-state index in [0.29, 0.717) is 5.82 Å². The zero-order chi connectivity index (χ0) is 11.3. The summed E-state index contributed by atoms with van der Waals surface area (Å²) < 4.78 is 0. The molecular weight excluding hydrogens is 216 g/mol. The third-order valence-electron chi connectivity index (χ3n) is 2.06. The van der Waals surface area contributed by atoms with Crippen molar-refractivity contribution >= 4 is 17.4 Å². The second-order valence-corrected chi connectivity index (χ2v) is 3.63. The summed E-state index contributed by atoms with van der Waals surface area (Å²) in [4.78, 5) is 19.5. The number of anilines is 1. The van der Waals surface area contributed by atoms with Crippen molar-refractivity contribution < 1.29 is 0 Å². The van der Waals surface area contributed by atoms with E-state index in [9.17, 15) is 4.79 Å². The van der Waals surface area contributed by atoms with Crippen LogP contribution in [0.2, 0.25) is 5.02 Å². The quantitative estimate of drug-likeness (QED) is 0.722. The molecule has 0 unspecified atom stereocenters. The highest BCUT2D eigenvalue weighted by molar-refractivity contribution is 6.32. The van der Waals surface area contributed by atoms with Crippen molar-refractivity contribution in [2.75, 3.05) is 32.1 Å². The van der Waals surface area contributed by atoms with Gasteiger partial charge in [-0.05, 0) is 20.0 Å². The molecule has 0 atom stereocenters. The molecule has 0 radical (unpaired) electrons. The van der Waals surface area contributed by atoms with Crippen molar-refractivity contribution in [2.24, 2.45) is 0 Å². The first-order valence-electron chi connectivity index (χ1n) is 4.75. The molecule has 0 spiro atoms. The van der Waals surface area contributed by atoms with Gasteiger partial charge in [0, 0.05) is 13.6 Å². The zero-order valence-corrected chi connectivity index (χ0v) is 9.64. The summed E-state index contributed by atoms with van der Waals surface area (Å²) >= 11 is 5.84. The van der Waals surface area contributed by atoms with E-state index >= 15 is 0 Å². The summed E-state index contributed by atoms with van der Waals surface area (Å²) in [5.41, 5.74) is -0.304. The van der Waals surface area contributed by atoms with Gasteiger partial charge in [-0.2, -0.15) is 0 Å². The Morgan fingerprint density at radius 1 is 1.67 bits per heavy atom. The van der Waals surface area contributed by atoms with Gasteiger partial charge in [0.15, 0.2) is 5.82 Å². The van der Waals surface area contributed by atoms with Gasteiger partial charge < -0.3 is 15.2 Å². The predicted molar refractivity (Wildman–Crippen MR) is 61.7 cm³/mol. The van der Waals surface area contributed by atoms with Crippen LogP contribution in [0.4, 0.5) is 5.82 Å². The highest BCUT2D eigenvalue weighted by Gasteiger charge is 2.09. The Labute approximate surface area is 93.5 Å². The van der Waals surface area contributed by atoms with Crippen LogP contribution < -0.4 is 15.8 Å². The second kappa shape index (κ2) is 5.72. The minimum absolute atomic E-state index is 0.143. The van der Waals surface area contributed by atoms with Crippen LogP contribution >= 0.6 is 11.6 Å². The number of H-pyrrole nitrogens is 1. The molecule has 0 saturated heterocycles. The lowest BCUT2D eigenvalue weighted by Crippen LogP contribution is -2.25. The molecule has 1 aromatic rings. The van der Waals surface area contributed by atoms with Crippen LogP contribution in [-0.4, -0.2) is 37.2 Å². The van der Waals surface area contributed by atoms with Gasteiger partial charge >= 0.3 is 0 Å². The molecule has 2 N–H and O–H groups in total. The van der Waals surface area contributed by atoms with E-state index in [-0.39, 0.29) is 10.6 Å². The molecule has 6 heteroatoms. The molecule has 0 aliphatic heterocycles. The van der Waals surface area contributed by atoms with E-state index in [1.54, 1.807) is 0 Å². The Morgan fingerprint density at radius 2 is 2.40 bits per heavy atom. The maximum Gasteiger partial charge on any atom is 0.271 e. The largest absolute Gasteiger partial charge is 0.358 e. The van der Waals surface area contributed by atoms with Crippen molar-refractivity contribution in [1.82, 2.24) is 15.3 Å². The highest BCUT2D eigenvalue weighted by Crippen LogP contribution is 2.16. The minimum atomic E-state index is -0.304. The number of nitrogens with one attached hydrogen (secondary N) is 2. The number of rotatable bonds is 5. The van der Waals surface area contributed by atoms with E-state index < -0.39 is 0 Å². The lowest BCUT2D eigenvalue weighted by molar-refractivity contribution is 0.708. The zero-order valence-electron chi connectivity index (χ0n) is 8.88. The molecule has 0 bridgehead atoms. The normalized spacial score (nSPS) is 10.3. The topological polar surface area (TPSA) is 61.0 Å². The Kier molecular flexibility index (Phi) is 4.58. The molecule has 0 fully saturated rings. The second-order valence-electron chi connectivity index (χ2n) is 3.25. The molecule has 0 aliphatic rings. The Balaban J connectivity index is 2.69. The number of hydrogen-bond donors (Lipinski definition) is 2. The summed E-state index contributed by atoms with van der Waals surface area (Å²) in [5, 5.41) is 3.20. The smallest absolute Gasteiger partial charge is 0.271 e. The lowest BCUT2D eigenvalue weighted by Gasteiger charge is -2.18. The first-order valence-corrected chi connectivity index (χ1v) is 5.13. The molecule has 0 saturated carbocycles. The fraction of sp³-hybridized carbons (Fsp3) is 0.556. The van der Waals surface area contributed by atoms with E-state index in [2.05, 4.69) is 15.3 Å². The van der Waals surface area contributed by atoms with Crippen LogP contribution in [0.3, 0.4) is 0 Å². The number of aromatic nitrogens is 2. The fourth-order valence-corrected chi connectivity index (χ4v) is 1.49. The van der Waals surface area contributed by atoms with Gasteiger partial charge in [0.2, 0.25) is 0 Å². The van der Waals surface area contributed by atoms with Gasteiger partial charge in [0.1, 0.15) is 5.02 Å². The summed E-state index contributed by atoms with van der Waals surface area (Å²) in [6, 6.07) is 0. The number of nitrogens with zero attached hydrogens (tertiary/aromatic N) is 2. The van der Waals surface area contributed by atoms with Crippen LogP contribution in [0.25, 0.3) is 0 Å². The SMILES string of the molecule is CNCCCN(C)c1nc[nH]c(=O)c1Cl. The molecule has 5 nitrogen and oxygen atoms in total. The van der Waals surface area contributed by atoms with E-state index in [4.69, 9.17) is 11.6 Å². The van der Waals surface area contributed by atoms with Crippen molar-refractivity contribution in [3.05, 3.63) is 21.7 Å².